The van der Waals surface area contributed by atoms with Gasteiger partial charge in [0.1, 0.15) is 10.7 Å². The van der Waals surface area contributed by atoms with Crippen molar-refractivity contribution in [2.45, 2.75) is 30.9 Å². The van der Waals surface area contributed by atoms with Crippen LogP contribution in [0.25, 0.3) is 0 Å². The van der Waals surface area contributed by atoms with Gasteiger partial charge in [-0.25, -0.2) is 9.97 Å². The van der Waals surface area contributed by atoms with Gasteiger partial charge in [-0.2, -0.15) is 0 Å². The molecule has 5 rings (SSSR count). The molecule has 2 heterocycles. The first-order chi connectivity index (χ1) is 17.7. The van der Waals surface area contributed by atoms with Gasteiger partial charge in [0.15, 0.2) is 0 Å². The minimum absolute atomic E-state index is 0.354. The number of aryl methyl sites for hydroxylation is 1. The maximum atomic E-state index is 10.6. The van der Waals surface area contributed by atoms with Crippen molar-refractivity contribution in [3.05, 3.63) is 155 Å². The number of rotatable bonds is 9. The lowest BCUT2D eigenvalue weighted by molar-refractivity contribution is 0.164. The zero-order valence-corrected chi connectivity index (χ0v) is 20.7. The standard InChI is InChI=1S/C31H28ClN3O/c32-30-28(19-11-21-33-30)29(36)20-10-18-27-22-35(23-34-27)31(24-12-4-1-5-13-24,25-14-6-2-7-15-25)26-16-8-3-9-17-26/h1-9,11-17,19,21-23,29,36H,10,18,20H2. The zero-order chi connectivity index (χ0) is 24.8. The van der Waals surface area contributed by atoms with Crippen molar-refractivity contribution >= 4 is 11.6 Å². The second-order valence-electron chi connectivity index (χ2n) is 8.87. The molecule has 5 aromatic rings. The summed E-state index contributed by atoms with van der Waals surface area (Å²) >= 11 is 6.16. The lowest BCUT2D eigenvalue weighted by atomic mass is 9.77. The third-order valence-corrected chi connectivity index (χ3v) is 6.97. The summed E-state index contributed by atoms with van der Waals surface area (Å²) in [5.41, 5.74) is 4.55. The summed E-state index contributed by atoms with van der Waals surface area (Å²) in [5, 5.41) is 11.0. The summed E-state index contributed by atoms with van der Waals surface area (Å²) in [4.78, 5) is 8.86. The van der Waals surface area contributed by atoms with E-state index in [2.05, 4.69) is 88.5 Å². The average molecular weight is 494 g/mol. The normalized spacial score (nSPS) is 12.4. The molecule has 0 aliphatic rings. The molecule has 180 valence electrons. The van der Waals surface area contributed by atoms with Crippen LogP contribution in [0.1, 0.15) is 46.9 Å². The molecule has 0 amide bonds. The number of imidazole rings is 1. The summed E-state index contributed by atoms with van der Waals surface area (Å²) in [6, 6.07) is 35.3. The lowest BCUT2D eigenvalue weighted by Crippen LogP contribution is -2.36. The summed E-state index contributed by atoms with van der Waals surface area (Å²) in [7, 11) is 0. The fourth-order valence-corrected chi connectivity index (χ4v) is 5.19. The molecule has 1 N–H and O–H groups in total. The van der Waals surface area contributed by atoms with Crippen LogP contribution in [0.15, 0.2) is 122 Å². The Morgan fingerprint density at radius 2 is 1.31 bits per heavy atom. The third-order valence-electron chi connectivity index (χ3n) is 6.66. The van der Waals surface area contributed by atoms with Crippen LogP contribution in [-0.4, -0.2) is 19.6 Å². The second kappa shape index (κ2) is 10.9. The predicted octanol–water partition coefficient (Wildman–Crippen LogP) is 6.83. The topological polar surface area (TPSA) is 50.9 Å². The molecule has 0 bridgehead atoms. The van der Waals surface area contributed by atoms with Crippen LogP contribution in [0, 0.1) is 0 Å². The van der Waals surface area contributed by atoms with E-state index in [9.17, 15) is 5.11 Å². The number of halogens is 1. The first-order valence-electron chi connectivity index (χ1n) is 12.2. The Hall–Kier alpha value is -3.73. The summed E-state index contributed by atoms with van der Waals surface area (Å²) in [5.74, 6) is 0. The Kier molecular flexibility index (Phi) is 7.26. The van der Waals surface area contributed by atoms with E-state index in [-0.39, 0.29) is 0 Å². The number of hydrogen-bond acceptors (Lipinski definition) is 3. The van der Waals surface area contributed by atoms with Gasteiger partial charge in [-0.1, -0.05) is 109 Å². The molecule has 36 heavy (non-hydrogen) atoms. The van der Waals surface area contributed by atoms with Gasteiger partial charge < -0.3 is 9.67 Å². The lowest BCUT2D eigenvalue weighted by Gasteiger charge is -2.37. The molecule has 3 aromatic carbocycles. The van der Waals surface area contributed by atoms with E-state index in [0.717, 1.165) is 35.2 Å². The van der Waals surface area contributed by atoms with E-state index >= 15 is 0 Å². The van der Waals surface area contributed by atoms with Crippen LogP contribution in [0.3, 0.4) is 0 Å². The summed E-state index contributed by atoms with van der Waals surface area (Å²) in [6.45, 7) is 0. The van der Waals surface area contributed by atoms with Gasteiger partial charge in [0.2, 0.25) is 0 Å². The monoisotopic (exact) mass is 493 g/mol. The molecule has 0 aliphatic heterocycles. The van der Waals surface area contributed by atoms with Gasteiger partial charge >= 0.3 is 0 Å². The van der Waals surface area contributed by atoms with E-state index in [1.165, 1.54) is 0 Å². The molecule has 0 aliphatic carbocycles. The Morgan fingerprint density at radius 3 is 1.83 bits per heavy atom. The van der Waals surface area contributed by atoms with Crippen LogP contribution in [0.4, 0.5) is 0 Å². The van der Waals surface area contributed by atoms with E-state index < -0.39 is 11.6 Å². The highest BCUT2D eigenvalue weighted by Crippen LogP contribution is 2.40. The second-order valence-corrected chi connectivity index (χ2v) is 9.23. The zero-order valence-electron chi connectivity index (χ0n) is 19.9. The highest BCUT2D eigenvalue weighted by atomic mass is 35.5. The smallest absolute Gasteiger partial charge is 0.134 e. The van der Waals surface area contributed by atoms with Crippen molar-refractivity contribution in [3.8, 4) is 0 Å². The van der Waals surface area contributed by atoms with Crippen LogP contribution in [0.2, 0.25) is 5.15 Å². The van der Waals surface area contributed by atoms with Crippen molar-refractivity contribution in [3.63, 3.8) is 0 Å². The quantitative estimate of drug-likeness (QED) is 0.181. The molecule has 1 unspecified atom stereocenters. The molecular formula is C31H28ClN3O. The summed E-state index contributed by atoms with van der Waals surface area (Å²) in [6.07, 6.45) is 7.15. The molecule has 0 saturated heterocycles. The number of pyridine rings is 1. The maximum Gasteiger partial charge on any atom is 0.134 e. The Labute approximate surface area is 216 Å². The minimum Gasteiger partial charge on any atom is -0.388 e. The molecule has 1 atom stereocenters. The molecule has 0 saturated carbocycles. The largest absolute Gasteiger partial charge is 0.388 e. The van der Waals surface area contributed by atoms with E-state index in [1.807, 2.05) is 30.6 Å². The minimum atomic E-state index is -0.648. The number of benzene rings is 3. The van der Waals surface area contributed by atoms with Gasteiger partial charge in [0.05, 0.1) is 18.1 Å². The van der Waals surface area contributed by atoms with Crippen LogP contribution < -0.4 is 0 Å². The third kappa shape index (κ3) is 4.70. The number of nitrogens with zero attached hydrogens (tertiary/aromatic N) is 3. The van der Waals surface area contributed by atoms with Crippen LogP contribution in [0.5, 0.6) is 0 Å². The molecule has 2 aromatic heterocycles. The molecule has 0 spiro atoms. The molecule has 0 fully saturated rings. The number of aliphatic hydroxyl groups excluding tert-OH is 1. The Morgan fingerprint density at radius 1 is 0.750 bits per heavy atom. The Balaban J connectivity index is 1.49. The van der Waals surface area contributed by atoms with Crippen molar-refractivity contribution < 1.29 is 5.11 Å². The van der Waals surface area contributed by atoms with Crippen LogP contribution in [-0.2, 0) is 12.0 Å². The number of hydrogen-bond donors (Lipinski definition) is 1. The van der Waals surface area contributed by atoms with Crippen molar-refractivity contribution in [2.75, 3.05) is 0 Å². The van der Waals surface area contributed by atoms with E-state index in [4.69, 9.17) is 16.6 Å². The number of aromatic nitrogens is 3. The van der Waals surface area contributed by atoms with Gasteiger partial charge in [-0.05, 0) is 42.0 Å². The van der Waals surface area contributed by atoms with Crippen molar-refractivity contribution in [1.29, 1.82) is 0 Å². The first kappa shape index (κ1) is 24.0. The fourth-order valence-electron chi connectivity index (χ4n) is 4.94. The first-order valence-corrected chi connectivity index (χ1v) is 12.6. The van der Waals surface area contributed by atoms with Crippen LogP contribution >= 0.6 is 11.6 Å². The van der Waals surface area contributed by atoms with Gasteiger partial charge in [-0.15, -0.1) is 0 Å². The molecule has 0 radical (unpaired) electrons. The van der Waals surface area contributed by atoms with Crippen molar-refractivity contribution in [1.82, 2.24) is 14.5 Å². The number of aliphatic hydroxyl groups is 1. The van der Waals surface area contributed by atoms with Crippen molar-refractivity contribution in [2.24, 2.45) is 0 Å². The van der Waals surface area contributed by atoms with E-state index in [0.29, 0.717) is 17.1 Å². The molecule has 4 nitrogen and oxygen atoms in total. The SMILES string of the molecule is OC(CCCc1cn(C(c2ccccc2)(c2ccccc2)c2ccccc2)cn1)c1cccnc1Cl. The average Bonchev–Trinajstić information content (AvgIpc) is 3.40. The highest BCUT2D eigenvalue weighted by Gasteiger charge is 2.38. The highest BCUT2D eigenvalue weighted by molar-refractivity contribution is 6.30. The van der Waals surface area contributed by atoms with Gasteiger partial charge in [-0.3, -0.25) is 0 Å². The van der Waals surface area contributed by atoms with E-state index in [1.54, 1.807) is 12.3 Å². The van der Waals surface area contributed by atoms with Gasteiger partial charge in [0, 0.05) is 18.0 Å². The predicted molar refractivity (Wildman–Crippen MR) is 144 cm³/mol. The Bertz CT molecular complexity index is 1290. The van der Waals surface area contributed by atoms with Gasteiger partial charge in [0.25, 0.3) is 0 Å². The fraction of sp³-hybridized carbons (Fsp3) is 0.161. The maximum absolute atomic E-state index is 10.6. The molecular weight excluding hydrogens is 466 g/mol. The summed E-state index contributed by atoms with van der Waals surface area (Å²) < 4.78 is 2.22. The molecule has 5 heteroatoms.